The Bertz CT molecular complexity index is 443. The van der Waals surface area contributed by atoms with Crippen LogP contribution in [0.2, 0.25) is 0 Å². The molecule has 0 spiro atoms. The Morgan fingerprint density at radius 2 is 2.12 bits per heavy atom. The van der Waals surface area contributed by atoms with Gasteiger partial charge in [-0.05, 0) is 35.8 Å². The van der Waals surface area contributed by atoms with E-state index in [1.165, 1.54) is 0 Å². The Morgan fingerprint density at radius 3 is 2.65 bits per heavy atom. The van der Waals surface area contributed by atoms with Crippen molar-refractivity contribution in [1.82, 2.24) is 0 Å². The summed E-state index contributed by atoms with van der Waals surface area (Å²) in [6, 6.07) is 4.93. The van der Waals surface area contributed by atoms with Gasteiger partial charge in [-0.2, -0.15) is 0 Å². The minimum absolute atomic E-state index is 0.229. The molecular formula is C12H12BrClO3. The van der Waals surface area contributed by atoms with E-state index >= 15 is 0 Å². The van der Waals surface area contributed by atoms with E-state index in [2.05, 4.69) is 15.9 Å². The van der Waals surface area contributed by atoms with E-state index in [0.717, 1.165) is 0 Å². The molecule has 0 radical (unpaired) electrons. The smallest absolute Gasteiger partial charge is 0.340 e. The molecule has 0 aliphatic carbocycles. The summed E-state index contributed by atoms with van der Waals surface area (Å²) in [7, 11) is 0. The zero-order chi connectivity index (χ0) is 13.0. The summed E-state index contributed by atoms with van der Waals surface area (Å²) in [4.78, 5) is 23.6. The fraction of sp³-hybridized carbons (Fsp3) is 0.333. The maximum Gasteiger partial charge on any atom is 0.340 e. The van der Waals surface area contributed by atoms with E-state index in [0.29, 0.717) is 4.47 Å². The van der Waals surface area contributed by atoms with Gasteiger partial charge in [0.25, 0.3) is 0 Å². The number of benzene rings is 1. The third kappa shape index (κ3) is 3.30. The molecule has 0 fully saturated rings. The molecule has 92 valence electrons. The minimum Gasteiger partial charge on any atom is -0.462 e. The van der Waals surface area contributed by atoms with Gasteiger partial charge in [-0.3, -0.25) is 4.79 Å². The van der Waals surface area contributed by atoms with Crippen LogP contribution in [0.15, 0.2) is 22.7 Å². The SMILES string of the molecule is CCOC(=O)c1c(Br)cccc1C(=O)C(C)Cl. The predicted octanol–water partition coefficient (Wildman–Crippen LogP) is 3.44. The van der Waals surface area contributed by atoms with Crippen LogP contribution in [0.4, 0.5) is 0 Å². The highest BCUT2D eigenvalue weighted by atomic mass is 79.9. The van der Waals surface area contributed by atoms with E-state index in [-0.39, 0.29) is 23.5 Å². The standard InChI is InChI=1S/C12H12BrClO3/c1-3-17-12(16)10-8(11(15)7(2)14)5-4-6-9(10)13/h4-7H,3H2,1-2H3. The highest BCUT2D eigenvalue weighted by molar-refractivity contribution is 9.10. The molecule has 1 unspecified atom stereocenters. The Balaban J connectivity index is 3.26. The van der Waals surface area contributed by atoms with Crippen molar-refractivity contribution in [3.63, 3.8) is 0 Å². The van der Waals surface area contributed by atoms with Gasteiger partial charge < -0.3 is 4.74 Å². The summed E-state index contributed by atoms with van der Waals surface area (Å²) < 4.78 is 5.44. The molecule has 0 aliphatic rings. The first-order chi connectivity index (χ1) is 7.99. The largest absolute Gasteiger partial charge is 0.462 e. The second-order valence-corrected chi connectivity index (χ2v) is 4.87. The number of carbonyl (C=O) groups is 2. The van der Waals surface area contributed by atoms with Crippen molar-refractivity contribution in [2.45, 2.75) is 19.2 Å². The number of hydrogen-bond acceptors (Lipinski definition) is 3. The fourth-order valence-electron chi connectivity index (χ4n) is 1.35. The second kappa shape index (κ2) is 6.17. The molecule has 1 atom stereocenters. The molecule has 0 saturated carbocycles. The summed E-state index contributed by atoms with van der Waals surface area (Å²) in [6.45, 7) is 3.53. The lowest BCUT2D eigenvalue weighted by molar-refractivity contribution is 0.0522. The van der Waals surface area contributed by atoms with Crippen molar-refractivity contribution in [3.8, 4) is 0 Å². The minimum atomic E-state index is -0.683. The molecule has 0 saturated heterocycles. The van der Waals surface area contributed by atoms with E-state index < -0.39 is 11.3 Å². The average Bonchev–Trinajstić information content (AvgIpc) is 2.27. The Kier molecular flexibility index (Phi) is 5.15. The van der Waals surface area contributed by atoms with E-state index in [9.17, 15) is 9.59 Å². The van der Waals surface area contributed by atoms with Crippen molar-refractivity contribution in [3.05, 3.63) is 33.8 Å². The number of ketones is 1. The van der Waals surface area contributed by atoms with Crippen LogP contribution in [0.3, 0.4) is 0 Å². The van der Waals surface area contributed by atoms with Gasteiger partial charge in [0, 0.05) is 10.0 Å². The lowest BCUT2D eigenvalue weighted by Crippen LogP contribution is -2.17. The molecule has 1 aromatic rings. The van der Waals surface area contributed by atoms with E-state index in [4.69, 9.17) is 16.3 Å². The lowest BCUT2D eigenvalue weighted by atomic mass is 10.0. The topological polar surface area (TPSA) is 43.4 Å². The van der Waals surface area contributed by atoms with Gasteiger partial charge in [-0.1, -0.05) is 12.1 Å². The molecule has 5 heteroatoms. The summed E-state index contributed by atoms with van der Waals surface area (Å²) in [6.07, 6.45) is 0. The van der Waals surface area contributed by atoms with Crippen LogP contribution in [0.5, 0.6) is 0 Å². The number of Topliss-reactive ketones (excluding diaryl/α,β-unsaturated/α-hetero) is 1. The third-order valence-corrected chi connectivity index (χ3v) is 2.98. The van der Waals surface area contributed by atoms with Gasteiger partial charge in [0.15, 0.2) is 5.78 Å². The summed E-state index contributed by atoms with van der Waals surface area (Å²) in [5, 5.41) is -0.683. The molecular weight excluding hydrogens is 307 g/mol. The quantitative estimate of drug-likeness (QED) is 0.485. The first-order valence-corrected chi connectivity index (χ1v) is 6.35. The van der Waals surface area contributed by atoms with Crippen LogP contribution in [0.1, 0.15) is 34.6 Å². The lowest BCUT2D eigenvalue weighted by Gasteiger charge is -2.10. The molecule has 0 heterocycles. The summed E-state index contributed by atoms with van der Waals surface area (Å²) >= 11 is 8.99. The molecule has 0 N–H and O–H groups in total. The molecule has 17 heavy (non-hydrogen) atoms. The molecule has 0 amide bonds. The first kappa shape index (κ1) is 14.2. The van der Waals surface area contributed by atoms with Crippen LogP contribution in [-0.4, -0.2) is 23.7 Å². The average molecular weight is 320 g/mol. The van der Waals surface area contributed by atoms with Crippen molar-refractivity contribution >= 4 is 39.3 Å². The monoisotopic (exact) mass is 318 g/mol. The molecule has 1 aromatic carbocycles. The number of ether oxygens (including phenoxy) is 1. The zero-order valence-corrected chi connectivity index (χ0v) is 11.8. The number of rotatable bonds is 4. The van der Waals surface area contributed by atoms with Gasteiger partial charge in [-0.15, -0.1) is 11.6 Å². The van der Waals surface area contributed by atoms with Gasteiger partial charge in [0.05, 0.1) is 17.5 Å². The van der Waals surface area contributed by atoms with Crippen LogP contribution >= 0.6 is 27.5 Å². The highest BCUT2D eigenvalue weighted by Crippen LogP contribution is 2.23. The molecule has 0 bridgehead atoms. The Morgan fingerprint density at radius 1 is 1.47 bits per heavy atom. The van der Waals surface area contributed by atoms with Crippen LogP contribution < -0.4 is 0 Å². The molecule has 1 rings (SSSR count). The van der Waals surface area contributed by atoms with Crippen LogP contribution in [0, 0.1) is 0 Å². The van der Waals surface area contributed by atoms with Gasteiger partial charge >= 0.3 is 5.97 Å². The number of carbonyl (C=O) groups excluding carboxylic acids is 2. The van der Waals surface area contributed by atoms with Crippen molar-refractivity contribution in [1.29, 1.82) is 0 Å². The van der Waals surface area contributed by atoms with Crippen molar-refractivity contribution < 1.29 is 14.3 Å². The van der Waals surface area contributed by atoms with Crippen molar-refractivity contribution in [2.75, 3.05) is 6.61 Å². The number of hydrogen-bond donors (Lipinski definition) is 0. The fourth-order valence-corrected chi connectivity index (χ4v) is 2.00. The van der Waals surface area contributed by atoms with Crippen LogP contribution in [0.25, 0.3) is 0 Å². The predicted molar refractivity (Wildman–Crippen MR) is 69.7 cm³/mol. The normalized spacial score (nSPS) is 12.0. The highest BCUT2D eigenvalue weighted by Gasteiger charge is 2.23. The van der Waals surface area contributed by atoms with Gasteiger partial charge in [0.2, 0.25) is 0 Å². The summed E-state index contributed by atoms with van der Waals surface area (Å²) in [5.41, 5.74) is 0.507. The summed E-state index contributed by atoms with van der Waals surface area (Å²) in [5.74, 6) is -0.823. The van der Waals surface area contributed by atoms with E-state index in [1.807, 2.05) is 0 Å². The maximum absolute atomic E-state index is 11.9. The third-order valence-electron chi connectivity index (χ3n) is 2.12. The number of alkyl halides is 1. The molecule has 0 aromatic heterocycles. The van der Waals surface area contributed by atoms with E-state index in [1.54, 1.807) is 32.0 Å². The number of halogens is 2. The van der Waals surface area contributed by atoms with Gasteiger partial charge in [0.1, 0.15) is 0 Å². The second-order valence-electron chi connectivity index (χ2n) is 3.36. The Labute approximate surface area is 113 Å². The first-order valence-electron chi connectivity index (χ1n) is 5.13. The molecule has 3 nitrogen and oxygen atoms in total. The van der Waals surface area contributed by atoms with Gasteiger partial charge in [-0.25, -0.2) is 4.79 Å². The van der Waals surface area contributed by atoms with Crippen LogP contribution in [-0.2, 0) is 4.74 Å². The Hall–Kier alpha value is -0.870. The maximum atomic E-state index is 11.9. The number of esters is 1. The van der Waals surface area contributed by atoms with Crippen molar-refractivity contribution in [2.24, 2.45) is 0 Å². The zero-order valence-electron chi connectivity index (χ0n) is 9.50. The molecule has 0 aliphatic heterocycles.